The molecule has 0 radical (unpaired) electrons. The second-order valence-electron chi connectivity index (χ2n) is 3.14. The van der Waals surface area contributed by atoms with Crippen LogP contribution in [0.15, 0.2) is 11.6 Å². The first kappa shape index (κ1) is 11.7. The standard InChI is InChI=1S/C8H17BO3/c1-3-5(2)4-6(10)7(11)8(9)12/h3,6-8,10-12H,4,9H2,1-2H3/b5-3+/t6-,7+,8+/m1/s1. The van der Waals surface area contributed by atoms with Gasteiger partial charge in [0.15, 0.2) is 0 Å². The van der Waals surface area contributed by atoms with Crippen molar-refractivity contribution in [3.05, 3.63) is 11.6 Å². The second-order valence-corrected chi connectivity index (χ2v) is 3.14. The molecular weight excluding hydrogens is 155 g/mol. The van der Waals surface area contributed by atoms with Crippen LogP contribution in [0.4, 0.5) is 0 Å². The lowest BCUT2D eigenvalue weighted by Crippen LogP contribution is -2.37. The summed E-state index contributed by atoms with van der Waals surface area (Å²) in [6.07, 6.45) is 0.349. The molecule has 0 aliphatic carbocycles. The Balaban J connectivity index is 3.95. The Hall–Kier alpha value is -0.315. The van der Waals surface area contributed by atoms with Crippen LogP contribution in [0.1, 0.15) is 20.3 Å². The van der Waals surface area contributed by atoms with Crippen molar-refractivity contribution in [1.29, 1.82) is 0 Å². The molecule has 0 fully saturated rings. The summed E-state index contributed by atoms with van der Waals surface area (Å²) in [5.74, 6) is 0. The van der Waals surface area contributed by atoms with Crippen molar-refractivity contribution >= 4 is 7.85 Å². The van der Waals surface area contributed by atoms with Gasteiger partial charge in [0.05, 0.1) is 12.2 Å². The van der Waals surface area contributed by atoms with Crippen LogP contribution in [0.3, 0.4) is 0 Å². The van der Waals surface area contributed by atoms with Crippen LogP contribution in [0.25, 0.3) is 0 Å². The van der Waals surface area contributed by atoms with E-state index in [2.05, 4.69) is 0 Å². The molecule has 12 heavy (non-hydrogen) atoms. The lowest BCUT2D eigenvalue weighted by molar-refractivity contribution is -0.0287. The van der Waals surface area contributed by atoms with Gasteiger partial charge in [0.2, 0.25) is 0 Å². The van der Waals surface area contributed by atoms with Gasteiger partial charge in [-0.15, -0.1) is 0 Å². The van der Waals surface area contributed by atoms with Crippen molar-refractivity contribution in [2.24, 2.45) is 0 Å². The number of hydrogen-bond acceptors (Lipinski definition) is 3. The van der Waals surface area contributed by atoms with Crippen molar-refractivity contribution in [2.45, 2.75) is 38.5 Å². The minimum Gasteiger partial charge on any atom is -0.399 e. The fourth-order valence-electron chi connectivity index (χ4n) is 0.890. The van der Waals surface area contributed by atoms with Gasteiger partial charge in [-0.3, -0.25) is 0 Å². The highest BCUT2D eigenvalue weighted by Crippen LogP contribution is 2.09. The Morgan fingerprint density at radius 2 is 1.92 bits per heavy atom. The van der Waals surface area contributed by atoms with Crippen molar-refractivity contribution in [2.75, 3.05) is 0 Å². The molecule has 0 heterocycles. The molecule has 0 aliphatic rings. The minimum absolute atomic E-state index is 0.405. The predicted octanol–water partition coefficient (Wildman–Crippen LogP) is -0.984. The van der Waals surface area contributed by atoms with E-state index in [0.29, 0.717) is 6.42 Å². The molecule has 0 rings (SSSR count). The summed E-state index contributed by atoms with van der Waals surface area (Å²) >= 11 is 0. The van der Waals surface area contributed by atoms with E-state index in [1.807, 2.05) is 19.9 Å². The third-order valence-electron chi connectivity index (χ3n) is 1.91. The monoisotopic (exact) mass is 172 g/mol. The van der Waals surface area contributed by atoms with Crippen LogP contribution in [-0.4, -0.2) is 41.4 Å². The maximum Gasteiger partial charge on any atom is 0.142 e. The predicted molar refractivity (Wildman–Crippen MR) is 50.6 cm³/mol. The average Bonchev–Trinajstić information content (AvgIpc) is 2.02. The molecule has 3 nitrogen and oxygen atoms in total. The highest BCUT2D eigenvalue weighted by Gasteiger charge is 2.20. The zero-order valence-corrected chi connectivity index (χ0v) is 7.86. The average molecular weight is 172 g/mol. The highest BCUT2D eigenvalue weighted by molar-refractivity contribution is 6.11. The quantitative estimate of drug-likeness (QED) is 0.377. The topological polar surface area (TPSA) is 60.7 Å². The summed E-state index contributed by atoms with van der Waals surface area (Å²) in [5, 5.41) is 27.5. The van der Waals surface area contributed by atoms with Crippen molar-refractivity contribution in [1.82, 2.24) is 0 Å². The van der Waals surface area contributed by atoms with Gasteiger partial charge in [-0.05, 0) is 20.3 Å². The van der Waals surface area contributed by atoms with E-state index in [4.69, 9.17) is 5.11 Å². The van der Waals surface area contributed by atoms with E-state index in [-0.39, 0.29) is 0 Å². The minimum atomic E-state index is -1.06. The third-order valence-corrected chi connectivity index (χ3v) is 1.91. The highest BCUT2D eigenvalue weighted by atomic mass is 16.4. The van der Waals surface area contributed by atoms with Gasteiger partial charge < -0.3 is 15.3 Å². The summed E-state index contributed by atoms with van der Waals surface area (Å²) in [4.78, 5) is 0. The molecule has 0 saturated carbocycles. The largest absolute Gasteiger partial charge is 0.399 e. The van der Waals surface area contributed by atoms with Crippen LogP contribution in [0.2, 0.25) is 0 Å². The zero-order chi connectivity index (χ0) is 9.72. The van der Waals surface area contributed by atoms with E-state index >= 15 is 0 Å². The molecule has 0 aromatic heterocycles. The third kappa shape index (κ3) is 3.90. The maximum absolute atomic E-state index is 9.34. The Kier molecular flexibility index (Phi) is 5.21. The number of rotatable bonds is 4. The number of aliphatic hydroxyl groups is 3. The molecule has 0 aliphatic heterocycles. The summed E-state index contributed by atoms with van der Waals surface area (Å²) in [7, 11) is 1.46. The second kappa shape index (κ2) is 5.35. The van der Waals surface area contributed by atoms with Crippen LogP contribution < -0.4 is 0 Å². The normalized spacial score (nSPS) is 20.2. The first-order valence-corrected chi connectivity index (χ1v) is 4.15. The maximum atomic E-state index is 9.34. The van der Waals surface area contributed by atoms with Crippen LogP contribution in [0, 0.1) is 0 Å². The number of allylic oxidation sites excluding steroid dienone is 1. The summed E-state index contributed by atoms with van der Waals surface area (Å²) in [6, 6.07) is -0.885. The summed E-state index contributed by atoms with van der Waals surface area (Å²) in [6.45, 7) is 3.74. The lowest BCUT2D eigenvalue weighted by Gasteiger charge is -2.20. The Labute approximate surface area is 74.1 Å². The van der Waals surface area contributed by atoms with Gasteiger partial charge in [0.25, 0.3) is 0 Å². The molecule has 3 N–H and O–H groups in total. The van der Waals surface area contributed by atoms with Crippen LogP contribution in [-0.2, 0) is 0 Å². The molecule has 0 saturated heterocycles. The first-order chi connectivity index (χ1) is 5.49. The smallest absolute Gasteiger partial charge is 0.142 e. The number of hydrogen-bond donors (Lipinski definition) is 3. The van der Waals surface area contributed by atoms with Crippen molar-refractivity contribution in [3.8, 4) is 0 Å². The van der Waals surface area contributed by atoms with Crippen LogP contribution >= 0.6 is 0 Å². The van der Waals surface area contributed by atoms with Gasteiger partial charge in [0.1, 0.15) is 7.85 Å². The van der Waals surface area contributed by atoms with Gasteiger partial charge in [-0.1, -0.05) is 11.6 Å². The molecule has 4 heteroatoms. The molecule has 0 aromatic carbocycles. The van der Waals surface area contributed by atoms with E-state index in [9.17, 15) is 10.2 Å². The molecule has 0 amide bonds. The molecule has 0 aromatic rings. The van der Waals surface area contributed by atoms with Gasteiger partial charge in [-0.2, -0.15) is 0 Å². The Morgan fingerprint density at radius 3 is 2.25 bits per heavy atom. The molecule has 70 valence electrons. The fraction of sp³-hybridized carbons (Fsp3) is 0.750. The summed E-state index contributed by atoms with van der Waals surface area (Å²) in [5.41, 5.74) is 1.00. The molecule has 3 atom stereocenters. The Morgan fingerprint density at radius 1 is 1.42 bits per heavy atom. The van der Waals surface area contributed by atoms with E-state index in [1.54, 1.807) is 0 Å². The molecule has 0 unspecified atom stereocenters. The first-order valence-electron chi connectivity index (χ1n) is 4.15. The van der Waals surface area contributed by atoms with E-state index in [0.717, 1.165) is 5.57 Å². The lowest BCUT2D eigenvalue weighted by atomic mass is 9.89. The SMILES string of the molecule is B[C@@H](O)[C@@H](O)[C@H](O)C/C(C)=C/C. The van der Waals surface area contributed by atoms with Gasteiger partial charge in [-0.25, -0.2) is 0 Å². The fourth-order valence-corrected chi connectivity index (χ4v) is 0.890. The van der Waals surface area contributed by atoms with Crippen LogP contribution in [0.5, 0.6) is 0 Å². The molecule has 0 spiro atoms. The number of aliphatic hydroxyl groups excluding tert-OH is 3. The van der Waals surface area contributed by atoms with E-state index < -0.39 is 18.2 Å². The summed E-state index contributed by atoms with van der Waals surface area (Å²) < 4.78 is 0. The van der Waals surface area contributed by atoms with Crippen molar-refractivity contribution in [3.63, 3.8) is 0 Å². The van der Waals surface area contributed by atoms with Crippen molar-refractivity contribution < 1.29 is 15.3 Å². The Bertz CT molecular complexity index is 156. The van der Waals surface area contributed by atoms with E-state index in [1.165, 1.54) is 7.85 Å². The van der Waals surface area contributed by atoms with Gasteiger partial charge in [0, 0.05) is 6.00 Å². The molecule has 0 bridgehead atoms. The molecular formula is C8H17BO3. The zero-order valence-electron chi connectivity index (χ0n) is 7.86. The van der Waals surface area contributed by atoms with Gasteiger partial charge >= 0.3 is 0 Å².